The molecule has 0 aliphatic rings. The van der Waals surface area contributed by atoms with Crippen LogP contribution in [0.1, 0.15) is 0 Å². The van der Waals surface area contributed by atoms with E-state index in [1.165, 1.54) is 0 Å². The van der Waals surface area contributed by atoms with Gasteiger partial charge in [0.1, 0.15) is 0 Å². The molecule has 0 atom stereocenters. The van der Waals surface area contributed by atoms with Gasteiger partial charge in [0.25, 0.3) is 0 Å². The molecule has 4 heteroatoms. The molecule has 3 nitrogen and oxygen atoms in total. The maximum atomic E-state index is 6.62. The van der Waals surface area contributed by atoms with Gasteiger partial charge >= 0.3 is 41.7 Å². The zero-order valence-corrected chi connectivity index (χ0v) is 4.94. The Bertz CT molecular complexity index is 3.25. The van der Waals surface area contributed by atoms with E-state index in [0.717, 1.165) is 0 Å². The van der Waals surface area contributed by atoms with Gasteiger partial charge in [-0.15, -0.1) is 0 Å². The van der Waals surface area contributed by atoms with Crippen molar-refractivity contribution in [3.8, 4) is 0 Å². The van der Waals surface area contributed by atoms with E-state index in [1.807, 2.05) is 0 Å². The maximum absolute atomic E-state index is 6.62. The summed E-state index contributed by atoms with van der Waals surface area (Å²) < 4.78 is 0. The molecule has 20 valence electrons. The zero-order valence-electron chi connectivity index (χ0n) is 1.80. The molecule has 2 N–H and O–H groups in total. The van der Waals surface area contributed by atoms with Crippen molar-refractivity contribution >= 4 is 0 Å². The van der Waals surface area contributed by atoms with Crippen LogP contribution in [0, 0.1) is 41.7 Å². The van der Waals surface area contributed by atoms with Gasteiger partial charge in [-0.1, -0.05) is 5.04 Å². The summed E-state index contributed by atoms with van der Waals surface area (Å²) >= 11 is 0. The van der Waals surface area contributed by atoms with Crippen molar-refractivity contribution in [2.75, 3.05) is 0 Å². The Morgan fingerprint density at radius 1 is 1.25 bits per heavy atom. The first kappa shape index (κ1) is 8.98. The summed E-state index contributed by atoms with van der Waals surface area (Å²) in [7, 11) is 0. The van der Waals surface area contributed by atoms with E-state index < -0.39 is 0 Å². The van der Waals surface area contributed by atoms with Crippen molar-refractivity contribution < 1.29 is 57.3 Å². The molecule has 0 saturated carbocycles. The minimum Gasteiger partial charge on any atom is -0.221 e. The molecule has 0 aliphatic heterocycles. The van der Waals surface area contributed by atoms with Crippen LogP contribution in [0.4, 0.5) is 0 Å². The van der Waals surface area contributed by atoms with Gasteiger partial charge in [-0.05, 0) is 0 Å². The van der Waals surface area contributed by atoms with Crippen molar-refractivity contribution in [2.24, 2.45) is 0 Å². The second-order valence-corrected chi connectivity index (χ2v) is 0.0816. The maximum Gasteiger partial charge on any atom is 4.00 e. The summed E-state index contributed by atoms with van der Waals surface area (Å²) in [4.78, 5) is 0. The molecule has 0 aromatic rings. The number of hydrogen-bond acceptors (Lipinski definition) is 3. The Hall–Kier alpha value is 1.26. The molecule has 0 aromatic carbocycles. The van der Waals surface area contributed by atoms with E-state index in [-0.39, 0.29) is 41.7 Å². The van der Waals surface area contributed by atoms with E-state index in [1.54, 1.807) is 0 Å². The van der Waals surface area contributed by atoms with Crippen LogP contribution < -0.4 is 0 Å². The first-order valence-electron chi connectivity index (χ1n) is 0.365. The van der Waals surface area contributed by atoms with Crippen LogP contribution in [0.2, 0.25) is 0 Å². The van der Waals surface area contributed by atoms with Gasteiger partial charge in [0, 0.05) is 0 Å². The number of rotatable bonds is 0. The molecule has 0 saturated heterocycles. The Morgan fingerprint density at radius 2 is 1.25 bits per heavy atom. The summed E-state index contributed by atoms with van der Waals surface area (Å²) in [5, 5.41) is 15.5. The largest absolute Gasteiger partial charge is 4.00 e. The fourth-order valence-corrected chi connectivity index (χ4v) is 0. The average molecular weight is 190 g/mol. The fourth-order valence-electron chi connectivity index (χ4n) is 0. The minimum absolute atomic E-state index is 0. The molecule has 0 rings (SSSR count). The summed E-state index contributed by atoms with van der Waals surface area (Å²) in [5.41, 5.74) is 0. The molecule has 0 radical (unpaired) electrons. The van der Waals surface area contributed by atoms with Gasteiger partial charge in [-0.25, -0.2) is 10.5 Å². The molecule has 0 aromatic heterocycles. The van der Waals surface area contributed by atoms with Crippen molar-refractivity contribution in [2.45, 2.75) is 0 Å². The van der Waals surface area contributed by atoms with Gasteiger partial charge in [0.05, 0.1) is 0 Å². The molecule has 0 fully saturated rings. The second-order valence-electron chi connectivity index (χ2n) is 0.0816. The first-order valence-corrected chi connectivity index (χ1v) is 0.365. The number of hydrogen-bond donors (Lipinski definition) is 2. The second kappa shape index (κ2) is 8.87. The standard InChI is InChI=1S/Ce.H2O3/c;1-3-2/h;1-2H/q+4;. The Kier molecular flexibility index (Phi) is 19.9. The normalized spacial score (nSPS) is 4.50. The van der Waals surface area contributed by atoms with Crippen LogP contribution in [0.15, 0.2) is 0 Å². The van der Waals surface area contributed by atoms with Gasteiger partial charge in [-0.2, -0.15) is 0 Å². The van der Waals surface area contributed by atoms with Crippen LogP contribution in [0.25, 0.3) is 0 Å². The molecular formula is H2CeO3+4. The fraction of sp³-hybridized carbons (Fsp3) is 0. The third-order valence-electron chi connectivity index (χ3n) is 0. The van der Waals surface area contributed by atoms with Crippen LogP contribution in [-0.4, -0.2) is 10.5 Å². The van der Waals surface area contributed by atoms with Crippen molar-refractivity contribution in [3.63, 3.8) is 0 Å². The topological polar surface area (TPSA) is 49.7 Å². The first-order chi connectivity index (χ1) is 1.41. The van der Waals surface area contributed by atoms with E-state index >= 15 is 0 Å². The Morgan fingerprint density at radius 3 is 1.25 bits per heavy atom. The quantitative estimate of drug-likeness (QED) is 0.416. The van der Waals surface area contributed by atoms with Crippen molar-refractivity contribution in [1.29, 1.82) is 0 Å². The summed E-state index contributed by atoms with van der Waals surface area (Å²) in [6, 6.07) is 0. The van der Waals surface area contributed by atoms with Gasteiger partial charge < -0.3 is 0 Å². The van der Waals surface area contributed by atoms with E-state index in [0.29, 0.717) is 0 Å². The Labute approximate surface area is 56.8 Å². The van der Waals surface area contributed by atoms with Crippen LogP contribution >= 0.6 is 0 Å². The van der Waals surface area contributed by atoms with Crippen molar-refractivity contribution in [1.82, 2.24) is 0 Å². The SMILES string of the molecule is OOO.[Ce+4]. The summed E-state index contributed by atoms with van der Waals surface area (Å²) in [6.45, 7) is 0. The predicted molar refractivity (Wildman–Crippen MR) is 6.34 cm³/mol. The predicted octanol–water partition coefficient (Wildman–Crippen LogP) is -0.0510. The van der Waals surface area contributed by atoms with Crippen molar-refractivity contribution in [3.05, 3.63) is 0 Å². The third kappa shape index (κ3) is 10.5. The van der Waals surface area contributed by atoms with Gasteiger partial charge in [-0.3, -0.25) is 0 Å². The van der Waals surface area contributed by atoms with Gasteiger partial charge in [0.15, 0.2) is 0 Å². The van der Waals surface area contributed by atoms with Crippen LogP contribution in [-0.2, 0) is 5.04 Å². The summed E-state index contributed by atoms with van der Waals surface area (Å²) in [6.07, 6.45) is 0. The molecule has 0 aliphatic carbocycles. The monoisotopic (exact) mass is 190 g/mol. The molecule has 0 unspecified atom stereocenters. The smallest absolute Gasteiger partial charge is 0.221 e. The minimum atomic E-state index is 0. The van der Waals surface area contributed by atoms with Crippen LogP contribution in [0.3, 0.4) is 0 Å². The molecule has 0 bridgehead atoms. The molecule has 0 spiro atoms. The van der Waals surface area contributed by atoms with E-state index in [4.69, 9.17) is 10.5 Å². The van der Waals surface area contributed by atoms with E-state index in [9.17, 15) is 0 Å². The Balaban J connectivity index is 0. The molecule has 4 heavy (non-hydrogen) atoms. The zero-order chi connectivity index (χ0) is 2.71. The third-order valence-corrected chi connectivity index (χ3v) is 0. The van der Waals surface area contributed by atoms with Gasteiger partial charge in [0.2, 0.25) is 0 Å². The molecule has 0 amide bonds. The molecular weight excluding hydrogens is 188 g/mol. The summed E-state index contributed by atoms with van der Waals surface area (Å²) in [5.74, 6) is 0. The average Bonchev–Trinajstić information content (AvgIpc) is 0.918. The van der Waals surface area contributed by atoms with E-state index in [2.05, 4.69) is 5.04 Å². The van der Waals surface area contributed by atoms with Crippen LogP contribution in [0.5, 0.6) is 0 Å². The molecule has 0 heterocycles.